The van der Waals surface area contributed by atoms with Crippen molar-refractivity contribution in [3.63, 3.8) is 0 Å². The third kappa shape index (κ3) is 3.02. The van der Waals surface area contributed by atoms with Crippen LogP contribution in [0.25, 0.3) is 4.98 Å². The van der Waals surface area contributed by atoms with Gasteiger partial charge in [0.1, 0.15) is 0 Å². The molecular formula is C12H18N4O3. The maximum Gasteiger partial charge on any atom is 0.458 e. The van der Waals surface area contributed by atoms with E-state index in [4.69, 9.17) is 5.39 Å². The van der Waals surface area contributed by atoms with Crippen molar-refractivity contribution in [3.8, 4) is 5.88 Å². The summed E-state index contributed by atoms with van der Waals surface area (Å²) in [5.41, 5.74) is -2.03. The molecule has 19 heavy (non-hydrogen) atoms. The van der Waals surface area contributed by atoms with Gasteiger partial charge in [-0.1, -0.05) is 26.7 Å². The van der Waals surface area contributed by atoms with Gasteiger partial charge in [0.2, 0.25) is 5.39 Å². The summed E-state index contributed by atoms with van der Waals surface area (Å²) in [5.74, 6) is -0.821. The number of unbranched alkanes of at least 4 members (excludes halogenated alkanes) is 2. The van der Waals surface area contributed by atoms with Crippen molar-refractivity contribution in [2.24, 2.45) is 0 Å². The zero-order chi connectivity index (χ0) is 14.4. The average Bonchev–Trinajstić information content (AvgIpc) is 2.39. The molecule has 0 bridgehead atoms. The molecule has 0 aliphatic carbocycles. The topological polar surface area (TPSA) is 95.2 Å². The fourth-order valence-electron chi connectivity index (χ4n) is 1.78. The second kappa shape index (κ2) is 6.73. The average molecular weight is 266 g/mol. The van der Waals surface area contributed by atoms with Gasteiger partial charge in [0.05, 0.1) is 5.88 Å². The van der Waals surface area contributed by atoms with Crippen LogP contribution in [0.15, 0.2) is 9.59 Å². The first-order valence-corrected chi connectivity index (χ1v) is 6.48. The fraction of sp³-hybridized carbons (Fsp3) is 0.667. The molecule has 1 rings (SSSR count). The molecule has 0 aromatic carbocycles. The molecule has 0 aliphatic heterocycles. The molecule has 104 valence electrons. The number of hydrogen-bond donors (Lipinski definition) is 0. The smallest absolute Gasteiger partial charge is 0.458 e. The maximum absolute atomic E-state index is 12.1. The van der Waals surface area contributed by atoms with Crippen molar-refractivity contribution in [1.82, 2.24) is 9.13 Å². The van der Waals surface area contributed by atoms with Gasteiger partial charge in [-0.05, 0) is 12.8 Å². The molecule has 0 fully saturated rings. The molecule has 0 unspecified atom stereocenters. The Labute approximate surface area is 110 Å². The molecule has 0 saturated carbocycles. The lowest BCUT2D eigenvalue weighted by Gasteiger charge is -2.15. The fourth-order valence-corrected chi connectivity index (χ4v) is 1.78. The van der Waals surface area contributed by atoms with Crippen LogP contribution in [0.5, 0.6) is 5.88 Å². The molecule has 7 nitrogen and oxygen atoms in total. The second-order valence-electron chi connectivity index (χ2n) is 4.35. The van der Waals surface area contributed by atoms with Crippen molar-refractivity contribution in [3.05, 3.63) is 25.8 Å². The van der Waals surface area contributed by atoms with E-state index in [9.17, 15) is 14.7 Å². The number of aromatic nitrogens is 2. The van der Waals surface area contributed by atoms with E-state index in [-0.39, 0.29) is 13.1 Å². The first-order valence-electron chi connectivity index (χ1n) is 6.48. The molecule has 0 amide bonds. The molecule has 1 aromatic heterocycles. The quantitative estimate of drug-likeness (QED) is 0.722. The van der Waals surface area contributed by atoms with Gasteiger partial charge >= 0.3 is 16.9 Å². The van der Waals surface area contributed by atoms with Gasteiger partial charge < -0.3 is 5.11 Å². The minimum atomic E-state index is -0.821. The molecule has 1 heterocycles. The van der Waals surface area contributed by atoms with Gasteiger partial charge in [0, 0.05) is 13.1 Å². The van der Waals surface area contributed by atoms with Gasteiger partial charge in [-0.25, -0.2) is 4.79 Å². The molecule has 0 radical (unpaired) electrons. The predicted octanol–water partition coefficient (Wildman–Crippen LogP) is 1.17. The van der Waals surface area contributed by atoms with E-state index >= 15 is 0 Å². The largest absolute Gasteiger partial charge is 0.854 e. The van der Waals surface area contributed by atoms with Crippen LogP contribution in [0.4, 0.5) is 5.69 Å². The summed E-state index contributed by atoms with van der Waals surface area (Å²) in [5, 5.41) is 20.7. The molecule has 0 aliphatic rings. The van der Waals surface area contributed by atoms with Crippen LogP contribution < -0.4 is 16.4 Å². The van der Waals surface area contributed by atoms with Crippen LogP contribution >= 0.6 is 0 Å². The van der Waals surface area contributed by atoms with Gasteiger partial charge in [-0.2, -0.15) is 0 Å². The maximum atomic E-state index is 12.1. The van der Waals surface area contributed by atoms with Gasteiger partial charge in [-0.3, -0.25) is 13.9 Å². The van der Waals surface area contributed by atoms with Crippen LogP contribution in [0.1, 0.15) is 39.5 Å². The molecule has 7 heteroatoms. The Kier molecular flexibility index (Phi) is 5.30. The molecule has 1 aromatic rings. The van der Waals surface area contributed by atoms with Crippen LogP contribution in [0.2, 0.25) is 0 Å². The number of diazo groups is 1. The molecule has 0 spiro atoms. The van der Waals surface area contributed by atoms with Gasteiger partial charge in [0.25, 0.3) is 0 Å². The Morgan fingerprint density at radius 1 is 1.11 bits per heavy atom. The van der Waals surface area contributed by atoms with E-state index in [1.165, 1.54) is 0 Å². The van der Waals surface area contributed by atoms with Crippen LogP contribution in [0, 0.1) is 5.39 Å². The highest BCUT2D eigenvalue weighted by Gasteiger charge is 2.22. The number of hydrogen-bond acceptors (Lipinski definition) is 4. The molecule has 0 N–H and O–H groups in total. The second-order valence-corrected chi connectivity index (χ2v) is 4.35. The van der Waals surface area contributed by atoms with E-state index in [0.29, 0.717) is 12.8 Å². The van der Waals surface area contributed by atoms with Crippen molar-refractivity contribution in [2.45, 2.75) is 52.6 Å². The Morgan fingerprint density at radius 3 is 2.11 bits per heavy atom. The highest BCUT2D eigenvalue weighted by atomic mass is 16.3. The van der Waals surface area contributed by atoms with E-state index in [1.807, 2.05) is 13.8 Å². The summed E-state index contributed by atoms with van der Waals surface area (Å²) < 4.78 is 1.94. The molecule has 0 atom stereocenters. The van der Waals surface area contributed by atoms with E-state index in [0.717, 1.165) is 22.0 Å². The number of nitrogens with zero attached hydrogens (tertiary/aromatic N) is 4. The summed E-state index contributed by atoms with van der Waals surface area (Å²) in [6, 6.07) is 0. The zero-order valence-corrected chi connectivity index (χ0v) is 11.3. The van der Waals surface area contributed by atoms with Gasteiger partial charge in [0.15, 0.2) is 4.98 Å². The summed E-state index contributed by atoms with van der Waals surface area (Å²) >= 11 is 0. The van der Waals surface area contributed by atoms with Crippen LogP contribution in [0.3, 0.4) is 0 Å². The highest BCUT2D eigenvalue weighted by Crippen LogP contribution is 2.16. The SMILES string of the molecule is CCCCn1c([O-])c([N+]#N)c(=O)n(CCCC)c1=O. The van der Waals surface area contributed by atoms with E-state index < -0.39 is 22.8 Å². The molecular weight excluding hydrogens is 248 g/mol. The minimum absolute atomic E-state index is 0.225. The van der Waals surface area contributed by atoms with Crippen molar-refractivity contribution in [2.75, 3.05) is 0 Å². The van der Waals surface area contributed by atoms with Crippen LogP contribution in [-0.4, -0.2) is 9.13 Å². The third-order valence-electron chi connectivity index (χ3n) is 2.93. The van der Waals surface area contributed by atoms with Crippen molar-refractivity contribution >= 4 is 5.69 Å². The first-order chi connectivity index (χ1) is 9.08. The van der Waals surface area contributed by atoms with Gasteiger partial charge in [-0.15, -0.1) is 0 Å². The zero-order valence-electron chi connectivity index (χ0n) is 11.3. The highest BCUT2D eigenvalue weighted by molar-refractivity contribution is 5.49. The summed E-state index contributed by atoms with van der Waals surface area (Å²) in [6.45, 7) is 4.31. The minimum Gasteiger partial charge on any atom is -0.854 e. The predicted molar refractivity (Wildman–Crippen MR) is 69.0 cm³/mol. The summed E-state index contributed by atoms with van der Waals surface area (Å²) in [6.07, 6.45) is 2.91. The lowest BCUT2D eigenvalue weighted by atomic mass is 10.3. The van der Waals surface area contributed by atoms with Crippen molar-refractivity contribution in [1.29, 1.82) is 5.39 Å². The summed E-state index contributed by atoms with van der Waals surface area (Å²) in [4.78, 5) is 26.7. The van der Waals surface area contributed by atoms with E-state index in [2.05, 4.69) is 4.98 Å². The monoisotopic (exact) mass is 266 g/mol. The third-order valence-corrected chi connectivity index (χ3v) is 2.93. The normalized spacial score (nSPS) is 10.4. The first kappa shape index (κ1) is 15.0. The van der Waals surface area contributed by atoms with E-state index in [1.54, 1.807) is 0 Å². The lowest BCUT2D eigenvalue weighted by Crippen LogP contribution is -2.41. The van der Waals surface area contributed by atoms with Crippen molar-refractivity contribution < 1.29 is 5.11 Å². The lowest BCUT2D eigenvalue weighted by molar-refractivity contribution is -0.279. The Bertz CT molecular complexity index is 595. The Morgan fingerprint density at radius 2 is 1.63 bits per heavy atom. The molecule has 0 saturated heterocycles. The summed E-state index contributed by atoms with van der Waals surface area (Å²) in [7, 11) is 0. The number of rotatable bonds is 6. The Hall–Kier alpha value is -2.10. The van der Waals surface area contributed by atoms with Crippen LogP contribution in [-0.2, 0) is 13.1 Å². The Balaban J connectivity index is 3.44. The standard InChI is InChI=1S/C12H18N4O3/c1-3-5-7-15-10(17)9(14-13)11(18)16(12(15)19)8-6-4-2/h3-8H2,1-2H3.